The molecule has 2 aromatic rings. The Bertz CT molecular complexity index is 981. The number of carbonyl (C=O) groups excluding carboxylic acids is 1. The van der Waals surface area contributed by atoms with Crippen LogP contribution in [0.3, 0.4) is 0 Å². The predicted octanol–water partition coefficient (Wildman–Crippen LogP) is 3.75. The van der Waals surface area contributed by atoms with Crippen molar-refractivity contribution in [3.8, 4) is 0 Å². The molecule has 0 N–H and O–H groups in total. The van der Waals surface area contributed by atoms with Gasteiger partial charge in [-0.25, -0.2) is 13.2 Å². The van der Waals surface area contributed by atoms with Gasteiger partial charge in [0.1, 0.15) is 0 Å². The number of hydrogen-bond acceptors (Lipinski definition) is 5. The van der Waals surface area contributed by atoms with Gasteiger partial charge < -0.3 is 9.47 Å². The van der Waals surface area contributed by atoms with E-state index in [0.29, 0.717) is 38.1 Å². The van der Waals surface area contributed by atoms with Crippen molar-refractivity contribution in [1.82, 2.24) is 4.31 Å². The Balaban J connectivity index is 1.75. The van der Waals surface area contributed by atoms with E-state index in [1.807, 2.05) is 30.3 Å². The molecule has 168 valence electrons. The number of sulfonamides is 1. The number of halogens is 1. The maximum Gasteiger partial charge on any atom is 0.337 e. The molecule has 3 rings (SSSR count). The summed E-state index contributed by atoms with van der Waals surface area (Å²) in [6.45, 7) is 0.458. The Hall–Kier alpha value is -2.29. The van der Waals surface area contributed by atoms with E-state index in [2.05, 4.69) is 0 Å². The Morgan fingerprint density at radius 3 is 2.61 bits per heavy atom. The number of esters is 1. The second-order valence-corrected chi connectivity index (χ2v) is 9.41. The molecule has 1 unspecified atom stereocenters. The highest BCUT2D eigenvalue weighted by atomic mass is 32.2. The zero-order valence-electron chi connectivity index (χ0n) is 17.6. The summed E-state index contributed by atoms with van der Waals surface area (Å²) >= 11 is 0. The van der Waals surface area contributed by atoms with E-state index in [0.717, 1.165) is 12.0 Å². The van der Waals surface area contributed by atoms with Crippen LogP contribution in [0.5, 0.6) is 0 Å². The van der Waals surface area contributed by atoms with Crippen LogP contribution in [0.15, 0.2) is 53.4 Å². The molecule has 31 heavy (non-hydrogen) atoms. The van der Waals surface area contributed by atoms with E-state index in [-0.39, 0.29) is 23.0 Å². The van der Waals surface area contributed by atoms with Crippen LogP contribution in [0.25, 0.3) is 0 Å². The molecular formula is C23H28FNO5S. The van der Waals surface area contributed by atoms with Gasteiger partial charge in [-0.2, -0.15) is 4.31 Å². The van der Waals surface area contributed by atoms with Crippen molar-refractivity contribution >= 4 is 16.0 Å². The summed E-state index contributed by atoms with van der Waals surface area (Å²) in [6, 6.07) is 14.1. The van der Waals surface area contributed by atoms with E-state index in [1.165, 1.54) is 29.6 Å². The maximum absolute atomic E-state index is 13.4. The number of carbonyl (C=O) groups is 1. The Kier molecular flexibility index (Phi) is 8.17. The summed E-state index contributed by atoms with van der Waals surface area (Å²) in [5.41, 5.74) is 1.56. The Morgan fingerprint density at radius 2 is 1.90 bits per heavy atom. The lowest BCUT2D eigenvalue weighted by atomic mass is 10.1. The number of hydrogen-bond donors (Lipinski definition) is 0. The van der Waals surface area contributed by atoms with Gasteiger partial charge in [-0.3, -0.25) is 4.39 Å². The molecule has 1 atom stereocenters. The molecule has 0 aliphatic carbocycles. The minimum atomic E-state index is -3.89. The average Bonchev–Trinajstić information content (AvgIpc) is 3.04. The van der Waals surface area contributed by atoms with Gasteiger partial charge in [0.2, 0.25) is 10.0 Å². The monoisotopic (exact) mass is 449 g/mol. The van der Waals surface area contributed by atoms with Crippen molar-refractivity contribution in [2.75, 3.05) is 26.9 Å². The lowest BCUT2D eigenvalue weighted by Crippen LogP contribution is -2.33. The lowest BCUT2D eigenvalue weighted by molar-refractivity contribution is 0.0323. The zero-order valence-corrected chi connectivity index (χ0v) is 18.4. The fourth-order valence-corrected chi connectivity index (χ4v) is 5.49. The van der Waals surface area contributed by atoms with Gasteiger partial charge in [0, 0.05) is 19.5 Å². The first-order chi connectivity index (χ1) is 15.0. The quantitative estimate of drug-likeness (QED) is 0.574. The summed E-state index contributed by atoms with van der Waals surface area (Å²) in [4.78, 5) is 11.9. The molecule has 8 heteroatoms. The zero-order chi connectivity index (χ0) is 22.3. The van der Waals surface area contributed by atoms with Crippen LogP contribution in [0.2, 0.25) is 0 Å². The SMILES string of the molecule is COC(=O)c1ccc(CCF)c(S(=O)(=O)N2CCCC(OCc3ccccc3)CC2)c1. The highest BCUT2D eigenvalue weighted by Gasteiger charge is 2.30. The summed E-state index contributed by atoms with van der Waals surface area (Å²) in [5.74, 6) is -0.631. The fourth-order valence-electron chi connectivity index (χ4n) is 3.72. The van der Waals surface area contributed by atoms with Crippen molar-refractivity contribution in [3.63, 3.8) is 0 Å². The molecule has 0 bridgehead atoms. The molecule has 1 saturated heterocycles. The van der Waals surface area contributed by atoms with Crippen LogP contribution in [-0.2, 0) is 32.5 Å². The number of benzene rings is 2. The maximum atomic E-state index is 13.4. The highest BCUT2D eigenvalue weighted by molar-refractivity contribution is 7.89. The van der Waals surface area contributed by atoms with Gasteiger partial charge >= 0.3 is 5.97 Å². The number of alkyl halides is 1. The summed E-state index contributed by atoms with van der Waals surface area (Å²) in [7, 11) is -2.66. The molecule has 1 aliphatic rings. The molecule has 0 amide bonds. The molecule has 1 fully saturated rings. The van der Waals surface area contributed by atoms with E-state index >= 15 is 0 Å². The van der Waals surface area contributed by atoms with Crippen LogP contribution < -0.4 is 0 Å². The normalized spacial score (nSPS) is 17.8. The van der Waals surface area contributed by atoms with E-state index < -0.39 is 22.7 Å². The van der Waals surface area contributed by atoms with Crippen molar-refractivity contribution < 1.29 is 27.1 Å². The number of methoxy groups -OCH3 is 1. The van der Waals surface area contributed by atoms with Crippen LogP contribution in [0.1, 0.15) is 40.7 Å². The molecule has 6 nitrogen and oxygen atoms in total. The lowest BCUT2D eigenvalue weighted by Gasteiger charge is -2.22. The topological polar surface area (TPSA) is 72.9 Å². The molecule has 1 aliphatic heterocycles. The first-order valence-electron chi connectivity index (χ1n) is 10.4. The van der Waals surface area contributed by atoms with Crippen molar-refractivity contribution in [3.05, 3.63) is 65.2 Å². The summed E-state index contributed by atoms with van der Waals surface area (Å²) in [6.07, 6.45) is 1.92. The second-order valence-electron chi connectivity index (χ2n) is 7.51. The van der Waals surface area contributed by atoms with Crippen LogP contribution >= 0.6 is 0 Å². The summed E-state index contributed by atoms with van der Waals surface area (Å²) < 4.78 is 52.0. The highest BCUT2D eigenvalue weighted by Crippen LogP contribution is 2.26. The molecule has 1 heterocycles. The van der Waals surface area contributed by atoms with Crippen molar-refractivity contribution in [2.45, 2.75) is 43.3 Å². The van der Waals surface area contributed by atoms with Crippen molar-refractivity contribution in [2.24, 2.45) is 0 Å². The average molecular weight is 450 g/mol. The third kappa shape index (κ3) is 5.90. The van der Waals surface area contributed by atoms with Gasteiger partial charge in [0.05, 0.1) is 37.0 Å². The Labute approximate surface area is 183 Å². The van der Waals surface area contributed by atoms with Gasteiger partial charge in [-0.1, -0.05) is 36.4 Å². The molecule has 0 spiro atoms. The molecular weight excluding hydrogens is 421 g/mol. The number of rotatable bonds is 8. The first-order valence-corrected chi connectivity index (χ1v) is 11.8. The van der Waals surface area contributed by atoms with Gasteiger partial charge in [-0.15, -0.1) is 0 Å². The third-order valence-corrected chi connectivity index (χ3v) is 7.41. The second kappa shape index (κ2) is 10.8. The number of ether oxygens (including phenoxy) is 2. The molecule has 0 saturated carbocycles. The molecule has 0 radical (unpaired) electrons. The number of nitrogens with zero attached hydrogens (tertiary/aromatic N) is 1. The molecule has 2 aromatic carbocycles. The van der Waals surface area contributed by atoms with E-state index in [9.17, 15) is 17.6 Å². The predicted molar refractivity (Wildman–Crippen MR) is 115 cm³/mol. The fraction of sp³-hybridized carbons (Fsp3) is 0.435. The van der Waals surface area contributed by atoms with Gasteiger partial charge in [0.15, 0.2) is 0 Å². The number of aryl methyl sites for hydroxylation is 1. The Morgan fingerprint density at radius 1 is 1.13 bits per heavy atom. The minimum absolute atomic E-state index is 0.0308. The largest absolute Gasteiger partial charge is 0.465 e. The van der Waals surface area contributed by atoms with Gasteiger partial charge in [-0.05, 0) is 42.5 Å². The third-order valence-electron chi connectivity index (χ3n) is 5.43. The first kappa shape index (κ1) is 23.4. The smallest absolute Gasteiger partial charge is 0.337 e. The minimum Gasteiger partial charge on any atom is -0.465 e. The van der Waals surface area contributed by atoms with Crippen LogP contribution in [-0.4, -0.2) is 51.7 Å². The van der Waals surface area contributed by atoms with Crippen molar-refractivity contribution in [1.29, 1.82) is 0 Å². The van der Waals surface area contributed by atoms with Gasteiger partial charge in [0.25, 0.3) is 0 Å². The standard InChI is InChI=1S/C23H28FNO5S/c1-29-23(26)20-10-9-19(11-13-24)22(16-20)31(27,28)25-14-5-8-21(12-15-25)30-17-18-6-3-2-4-7-18/h2-4,6-7,9-10,16,21H,5,8,11-15,17H2,1H3. The summed E-state index contributed by atoms with van der Waals surface area (Å²) in [5, 5.41) is 0. The van der Waals surface area contributed by atoms with E-state index in [1.54, 1.807) is 0 Å². The molecule has 0 aromatic heterocycles. The van der Waals surface area contributed by atoms with E-state index in [4.69, 9.17) is 9.47 Å². The van der Waals surface area contributed by atoms with Crippen LogP contribution in [0.4, 0.5) is 4.39 Å². The van der Waals surface area contributed by atoms with Crippen LogP contribution in [0, 0.1) is 0 Å².